The Hall–Kier alpha value is -3.18. The second-order valence-electron chi connectivity index (χ2n) is 7.53. The van der Waals surface area contributed by atoms with Crippen LogP contribution in [0.25, 0.3) is 11.1 Å². The first-order chi connectivity index (χ1) is 14.0. The number of hydrogen-bond acceptors (Lipinski definition) is 4. The van der Waals surface area contributed by atoms with Crippen LogP contribution in [0.5, 0.6) is 0 Å². The van der Waals surface area contributed by atoms with Gasteiger partial charge in [0.15, 0.2) is 0 Å². The van der Waals surface area contributed by atoms with Crippen molar-refractivity contribution in [3.63, 3.8) is 0 Å². The monoisotopic (exact) mass is 388 g/mol. The van der Waals surface area contributed by atoms with Gasteiger partial charge in [-0.25, -0.2) is 0 Å². The van der Waals surface area contributed by atoms with E-state index in [1.165, 1.54) is 0 Å². The summed E-state index contributed by atoms with van der Waals surface area (Å²) in [5.74, 6) is -0.689. The van der Waals surface area contributed by atoms with Gasteiger partial charge in [0.25, 0.3) is 0 Å². The van der Waals surface area contributed by atoms with E-state index >= 15 is 0 Å². The largest absolute Gasteiger partial charge is 0.370 e. The van der Waals surface area contributed by atoms with Gasteiger partial charge < -0.3 is 10.0 Å². The molecule has 4 rings (SSSR count). The number of aliphatic hydroxyl groups excluding tert-OH is 1. The molecule has 2 aromatic carbocycles. The summed E-state index contributed by atoms with van der Waals surface area (Å²) in [6, 6.07) is 14.3. The molecule has 0 saturated carbocycles. The molecule has 0 aromatic heterocycles. The normalized spacial score (nSPS) is 21.4. The number of rotatable bonds is 4. The Morgan fingerprint density at radius 1 is 1.10 bits per heavy atom. The Bertz CT molecular complexity index is 992. The highest BCUT2D eigenvalue weighted by Crippen LogP contribution is 2.33. The molecule has 0 bridgehead atoms. The Morgan fingerprint density at radius 2 is 1.90 bits per heavy atom. The van der Waals surface area contributed by atoms with Crippen molar-refractivity contribution >= 4 is 11.8 Å². The maximum absolute atomic E-state index is 12.3. The minimum absolute atomic E-state index is 0.195. The molecule has 2 unspecified atom stereocenters. The minimum Gasteiger partial charge on any atom is -0.370 e. The van der Waals surface area contributed by atoms with Crippen LogP contribution in [0, 0.1) is 6.92 Å². The van der Waals surface area contributed by atoms with Gasteiger partial charge >= 0.3 is 0 Å². The van der Waals surface area contributed by atoms with Crippen molar-refractivity contribution in [1.82, 2.24) is 10.2 Å². The van der Waals surface area contributed by atoms with Crippen molar-refractivity contribution in [3.8, 4) is 11.1 Å². The van der Waals surface area contributed by atoms with Gasteiger partial charge in [-0.2, -0.15) is 0 Å². The molecule has 2 heterocycles. The lowest BCUT2D eigenvalue weighted by Gasteiger charge is -2.26. The molecule has 2 aromatic rings. The van der Waals surface area contributed by atoms with E-state index < -0.39 is 6.23 Å². The molecule has 5 heteroatoms. The smallest absolute Gasteiger partial charge is 0.234 e. The van der Waals surface area contributed by atoms with Crippen LogP contribution in [-0.4, -0.2) is 28.0 Å². The van der Waals surface area contributed by atoms with Crippen LogP contribution in [-0.2, 0) is 16.1 Å². The van der Waals surface area contributed by atoms with Gasteiger partial charge in [0.1, 0.15) is 6.23 Å². The first-order valence-corrected chi connectivity index (χ1v) is 9.84. The molecule has 2 atom stereocenters. The fourth-order valence-electron chi connectivity index (χ4n) is 4.00. The lowest BCUT2D eigenvalue weighted by atomic mass is 9.85. The predicted molar refractivity (Wildman–Crippen MR) is 112 cm³/mol. The zero-order valence-corrected chi connectivity index (χ0v) is 16.3. The van der Waals surface area contributed by atoms with E-state index in [2.05, 4.69) is 35.6 Å². The summed E-state index contributed by atoms with van der Waals surface area (Å²) < 4.78 is 0. The second-order valence-corrected chi connectivity index (χ2v) is 7.53. The molecule has 0 radical (unpaired) electrons. The standard InChI is InChI=1S/C24H24N2O3/c1-16-19(5-4-6-20(16)21-12-13-22(27)25-24(21)29)18-10-8-17(9-11-18)15-26-14-3-2-7-23(26)28/h2-11,14,21,23,28H,12-13,15H2,1H3,(H,25,27,29). The SMILES string of the molecule is Cc1c(-c2ccc(CN3C=CC=CC3O)cc2)cccc1C1CCC(=O)NC1=O. The summed E-state index contributed by atoms with van der Waals surface area (Å²) in [4.78, 5) is 25.6. The van der Waals surface area contributed by atoms with Crippen LogP contribution in [0.1, 0.15) is 35.4 Å². The van der Waals surface area contributed by atoms with Gasteiger partial charge in [-0.1, -0.05) is 48.5 Å². The summed E-state index contributed by atoms with van der Waals surface area (Å²) in [6.45, 7) is 2.65. The third-order valence-corrected chi connectivity index (χ3v) is 5.63. The number of carbonyl (C=O) groups excluding carboxylic acids is 2. The van der Waals surface area contributed by atoms with Crippen molar-refractivity contribution in [3.05, 3.63) is 83.6 Å². The van der Waals surface area contributed by atoms with Crippen LogP contribution >= 0.6 is 0 Å². The zero-order chi connectivity index (χ0) is 20.4. The molecule has 2 aliphatic rings. The number of hydrogen-bond donors (Lipinski definition) is 2. The Kier molecular flexibility index (Phi) is 5.32. The van der Waals surface area contributed by atoms with Crippen LogP contribution in [0.4, 0.5) is 0 Å². The Balaban J connectivity index is 1.56. The quantitative estimate of drug-likeness (QED) is 0.788. The molecule has 5 nitrogen and oxygen atoms in total. The highest BCUT2D eigenvalue weighted by molar-refractivity contribution is 6.01. The van der Waals surface area contributed by atoms with Gasteiger partial charge in [-0.15, -0.1) is 0 Å². The molecule has 1 saturated heterocycles. The third kappa shape index (κ3) is 4.00. The lowest BCUT2D eigenvalue weighted by Crippen LogP contribution is -2.39. The molecule has 1 fully saturated rings. The Labute approximate surface area is 170 Å². The van der Waals surface area contributed by atoms with Gasteiger partial charge in [-0.3, -0.25) is 14.9 Å². The third-order valence-electron chi connectivity index (χ3n) is 5.63. The number of nitrogens with zero attached hydrogens (tertiary/aromatic N) is 1. The van der Waals surface area contributed by atoms with E-state index in [0.29, 0.717) is 19.4 Å². The summed E-state index contributed by atoms with van der Waals surface area (Å²) in [7, 11) is 0. The number of amides is 2. The fourth-order valence-corrected chi connectivity index (χ4v) is 4.00. The van der Waals surface area contributed by atoms with E-state index in [0.717, 1.165) is 27.8 Å². The highest BCUT2D eigenvalue weighted by Gasteiger charge is 2.29. The maximum atomic E-state index is 12.3. The first-order valence-electron chi connectivity index (χ1n) is 9.84. The highest BCUT2D eigenvalue weighted by atomic mass is 16.3. The van der Waals surface area contributed by atoms with Crippen molar-refractivity contribution < 1.29 is 14.7 Å². The summed E-state index contributed by atoms with van der Waals surface area (Å²) >= 11 is 0. The van der Waals surface area contributed by atoms with Crippen molar-refractivity contribution in [2.75, 3.05) is 0 Å². The lowest BCUT2D eigenvalue weighted by molar-refractivity contribution is -0.134. The molecule has 148 valence electrons. The number of nitrogens with one attached hydrogen (secondary N) is 1. The maximum Gasteiger partial charge on any atom is 0.234 e. The van der Waals surface area contributed by atoms with E-state index in [1.54, 1.807) is 6.08 Å². The molecule has 29 heavy (non-hydrogen) atoms. The number of imide groups is 1. The van der Waals surface area contributed by atoms with Gasteiger partial charge in [0.2, 0.25) is 11.8 Å². The van der Waals surface area contributed by atoms with Crippen LogP contribution in [0.2, 0.25) is 0 Å². The van der Waals surface area contributed by atoms with Crippen molar-refractivity contribution in [1.29, 1.82) is 0 Å². The number of aliphatic hydroxyl groups is 1. The number of benzene rings is 2. The second kappa shape index (κ2) is 8.05. The van der Waals surface area contributed by atoms with Crippen LogP contribution < -0.4 is 5.32 Å². The number of carbonyl (C=O) groups is 2. The van der Waals surface area contributed by atoms with Crippen molar-refractivity contribution in [2.24, 2.45) is 0 Å². The molecular formula is C24H24N2O3. The van der Waals surface area contributed by atoms with Gasteiger partial charge in [0.05, 0.1) is 5.92 Å². The van der Waals surface area contributed by atoms with Crippen molar-refractivity contribution in [2.45, 2.75) is 38.5 Å². The molecule has 2 amide bonds. The van der Waals surface area contributed by atoms with Gasteiger partial charge in [-0.05, 0) is 53.3 Å². The average Bonchev–Trinajstić information content (AvgIpc) is 2.71. The van der Waals surface area contributed by atoms with E-state index in [1.807, 2.05) is 42.3 Å². The van der Waals surface area contributed by atoms with E-state index in [9.17, 15) is 14.7 Å². The molecule has 2 aliphatic heterocycles. The summed E-state index contributed by atoms with van der Waals surface area (Å²) in [5.41, 5.74) is 5.31. The number of piperidine rings is 1. The number of allylic oxidation sites excluding steroid dienone is 2. The zero-order valence-electron chi connectivity index (χ0n) is 16.3. The summed E-state index contributed by atoms with van der Waals surface area (Å²) in [6.07, 6.45) is 7.69. The topological polar surface area (TPSA) is 69.6 Å². The van der Waals surface area contributed by atoms with Gasteiger partial charge in [0, 0.05) is 19.2 Å². The minimum atomic E-state index is -0.605. The van der Waals surface area contributed by atoms with Crippen LogP contribution in [0.15, 0.2) is 66.9 Å². The average molecular weight is 388 g/mol. The van der Waals surface area contributed by atoms with Crippen LogP contribution in [0.3, 0.4) is 0 Å². The van der Waals surface area contributed by atoms with E-state index in [-0.39, 0.29) is 17.7 Å². The molecule has 2 N–H and O–H groups in total. The fraction of sp³-hybridized carbons (Fsp3) is 0.250. The van der Waals surface area contributed by atoms with E-state index in [4.69, 9.17) is 0 Å². The Morgan fingerprint density at radius 3 is 2.62 bits per heavy atom. The molecule has 0 aliphatic carbocycles. The summed E-state index contributed by atoms with van der Waals surface area (Å²) in [5, 5.41) is 12.5. The predicted octanol–water partition coefficient (Wildman–Crippen LogP) is 3.39. The molecule has 0 spiro atoms. The first kappa shape index (κ1) is 19.2. The molecular weight excluding hydrogens is 364 g/mol.